The molecule has 0 saturated carbocycles. The fourth-order valence-electron chi connectivity index (χ4n) is 2.60. The van der Waals surface area contributed by atoms with Gasteiger partial charge >= 0.3 is 0 Å². The number of ether oxygens (including phenoxy) is 1. The van der Waals surface area contributed by atoms with E-state index in [1.54, 1.807) is 36.4 Å². The Morgan fingerprint density at radius 1 is 1.00 bits per heavy atom. The first kappa shape index (κ1) is 19.2. The molecule has 0 fully saturated rings. The summed E-state index contributed by atoms with van der Waals surface area (Å²) in [7, 11) is 0. The molecule has 4 nitrogen and oxygen atoms in total. The van der Waals surface area contributed by atoms with Gasteiger partial charge in [0.15, 0.2) is 6.61 Å². The van der Waals surface area contributed by atoms with Crippen LogP contribution >= 0.6 is 11.6 Å². The molecule has 138 valence electrons. The number of carbonyl (C=O) groups excluding carboxylic acids is 1. The molecule has 0 aromatic heterocycles. The smallest absolute Gasteiger partial charge is 0.262 e. The van der Waals surface area contributed by atoms with Gasteiger partial charge in [0, 0.05) is 21.8 Å². The number of anilines is 1. The lowest BCUT2D eigenvalue weighted by atomic mass is 10.0. The highest BCUT2D eigenvalue weighted by Gasteiger charge is 2.09. The van der Waals surface area contributed by atoms with Gasteiger partial charge in [-0.3, -0.25) is 4.79 Å². The van der Waals surface area contributed by atoms with Gasteiger partial charge in [0.2, 0.25) is 0 Å². The summed E-state index contributed by atoms with van der Waals surface area (Å²) < 4.78 is 5.68. The number of nitriles is 1. The van der Waals surface area contributed by atoms with E-state index in [-0.39, 0.29) is 12.5 Å². The molecule has 1 amide bonds. The van der Waals surface area contributed by atoms with Crippen LogP contribution in [0.25, 0.3) is 11.6 Å². The number of carbonyl (C=O) groups is 1. The number of rotatable bonds is 6. The number of nitrogens with zero attached hydrogens (tertiary/aromatic N) is 1. The molecule has 28 heavy (non-hydrogen) atoms. The van der Waals surface area contributed by atoms with Crippen molar-refractivity contribution in [3.05, 3.63) is 95.0 Å². The second-order valence-electron chi connectivity index (χ2n) is 5.89. The molecule has 0 unspecified atom stereocenters. The van der Waals surface area contributed by atoms with Gasteiger partial charge in [-0.1, -0.05) is 66.2 Å². The van der Waals surface area contributed by atoms with Crippen molar-refractivity contribution in [2.75, 3.05) is 11.9 Å². The van der Waals surface area contributed by atoms with E-state index in [1.165, 1.54) is 0 Å². The van der Waals surface area contributed by atoms with Crippen LogP contribution in [0.1, 0.15) is 11.1 Å². The number of benzene rings is 3. The third-order valence-corrected chi connectivity index (χ3v) is 4.25. The number of para-hydroxylation sites is 2. The molecule has 3 aromatic carbocycles. The molecule has 0 spiro atoms. The van der Waals surface area contributed by atoms with Gasteiger partial charge in [0.05, 0.1) is 11.6 Å². The minimum Gasteiger partial charge on any atom is -0.483 e. The zero-order chi connectivity index (χ0) is 19.8. The first-order valence-electron chi connectivity index (χ1n) is 8.61. The summed E-state index contributed by atoms with van der Waals surface area (Å²) in [5.41, 5.74) is 2.44. The van der Waals surface area contributed by atoms with E-state index in [2.05, 4.69) is 11.4 Å². The Morgan fingerprint density at radius 2 is 1.68 bits per heavy atom. The summed E-state index contributed by atoms with van der Waals surface area (Å²) in [4.78, 5) is 12.1. The molecule has 0 aliphatic carbocycles. The molecular formula is C23H17ClN2O2. The maximum atomic E-state index is 12.1. The van der Waals surface area contributed by atoms with Gasteiger partial charge in [-0.15, -0.1) is 0 Å². The van der Waals surface area contributed by atoms with Crippen LogP contribution in [0, 0.1) is 11.3 Å². The van der Waals surface area contributed by atoms with Crippen molar-refractivity contribution in [2.24, 2.45) is 0 Å². The molecule has 0 bridgehead atoms. The van der Waals surface area contributed by atoms with Crippen LogP contribution in [0.2, 0.25) is 5.02 Å². The molecule has 0 aliphatic heterocycles. The highest BCUT2D eigenvalue weighted by molar-refractivity contribution is 6.32. The van der Waals surface area contributed by atoms with Crippen LogP contribution in [0.4, 0.5) is 5.69 Å². The quantitative estimate of drug-likeness (QED) is 0.453. The van der Waals surface area contributed by atoms with E-state index in [4.69, 9.17) is 16.3 Å². The van der Waals surface area contributed by atoms with Crippen molar-refractivity contribution in [1.82, 2.24) is 0 Å². The van der Waals surface area contributed by atoms with Crippen LogP contribution in [-0.4, -0.2) is 12.5 Å². The SMILES string of the molecule is N#CC(=Cc1ccccc1OCC(=O)Nc1ccccc1)c1ccccc1Cl. The fraction of sp³-hybridized carbons (Fsp3) is 0.0435. The van der Waals surface area contributed by atoms with E-state index in [0.29, 0.717) is 33.2 Å². The molecule has 0 heterocycles. The Kier molecular flexibility index (Phi) is 6.46. The molecule has 0 atom stereocenters. The average molecular weight is 389 g/mol. The molecule has 0 saturated heterocycles. The van der Waals surface area contributed by atoms with Gasteiger partial charge < -0.3 is 10.1 Å². The van der Waals surface area contributed by atoms with Gasteiger partial charge in [0.1, 0.15) is 5.75 Å². The summed E-state index contributed by atoms with van der Waals surface area (Å²) in [5.74, 6) is 0.238. The van der Waals surface area contributed by atoms with Crippen LogP contribution in [0.3, 0.4) is 0 Å². The summed E-state index contributed by atoms with van der Waals surface area (Å²) in [5, 5.41) is 12.8. The largest absolute Gasteiger partial charge is 0.483 e. The molecule has 3 aromatic rings. The van der Waals surface area contributed by atoms with Crippen molar-refractivity contribution < 1.29 is 9.53 Å². The first-order chi connectivity index (χ1) is 13.7. The predicted octanol–water partition coefficient (Wildman–Crippen LogP) is 5.42. The van der Waals surface area contributed by atoms with E-state index in [9.17, 15) is 10.1 Å². The highest BCUT2D eigenvalue weighted by atomic mass is 35.5. The normalized spacial score (nSPS) is 10.8. The lowest BCUT2D eigenvalue weighted by Gasteiger charge is -2.10. The molecular weight excluding hydrogens is 372 g/mol. The Bertz CT molecular complexity index is 1040. The van der Waals surface area contributed by atoms with Crippen LogP contribution in [-0.2, 0) is 4.79 Å². The number of allylic oxidation sites excluding steroid dienone is 1. The minimum atomic E-state index is -0.267. The lowest BCUT2D eigenvalue weighted by molar-refractivity contribution is -0.118. The van der Waals surface area contributed by atoms with Crippen molar-refractivity contribution in [1.29, 1.82) is 5.26 Å². The maximum Gasteiger partial charge on any atom is 0.262 e. The standard InChI is InChI=1S/C23H17ClN2O2/c24-21-12-6-5-11-20(21)18(15-25)14-17-8-4-7-13-22(17)28-16-23(27)26-19-9-2-1-3-10-19/h1-14H,16H2,(H,26,27). The Balaban J connectivity index is 1.77. The number of nitrogens with one attached hydrogen (secondary N) is 1. The Hall–Kier alpha value is -3.55. The van der Waals surface area contributed by atoms with Crippen molar-refractivity contribution >= 4 is 34.8 Å². The lowest BCUT2D eigenvalue weighted by Crippen LogP contribution is -2.20. The van der Waals surface area contributed by atoms with Crippen molar-refractivity contribution in [3.8, 4) is 11.8 Å². The van der Waals surface area contributed by atoms with Crippen molar-refractivity contribution in [3.63, 3.8) is 0 Å². The molecule has 5 heteroatoms. The van der Waals surface area contributed by atoms with Crippen molar-refractivity contribution in [2.45, 2.75) is 0 Å². The summed E-state index contributed by atoms with van der Waals surface area (Å²) in [6.45, 7) is -0.145. The number of halogens is 1. The van der Waals surface area contributed by atoms with Crippen LogP contribution < -0.4 is 10.1 Å². The fourth-order valence-corrected chi connectivity index (χ4v) is 2.84. The summed E-state index contributed by atoms with van der Waals surface area (Å²) in [6, 6.07) is 25.7. The van der Waals surface area contributed by atoms with E-state index in [1.807, 2.05) is 48.5 Å². The molecule has 0 aliphatic rings. The van der Waals surface area contributed by atoms with Crippen LogP contribution in [0.15, 0.2) is 78.9 Å². The first-order valence-corrected chi connectivity index (χ1v) is 8.98. The number of amides is 1. The van der Waals surface area contributed by atoms with Crippen LogP contribution in [0.5, 0.6) is 5.75 Å². The number of hydrogen-bond donors (Lipinski definition) is 1. The minimum absolute atomic E-state index is 0.145. The topological polar surface area (TPSA) is 62.1 Å². The Morgan fingerprint density at radius 3 is 2.43 bits per heavy atom. The summed E-state index contributed by atoms with van der Waals surface area (Å²) >= 11 is 6.21. The third-order valence-electron chi connectivity index (χ3n) is 3.92. The summed E-state index contributed by atoms with van der Waals surface area (Å²) in [6.07, 6.45) is 1.70. The zero-order valence-electron chi connectivity index (χ0n) is 14.9. The Labute approximate surface area is 168 Å². The molecule has 3 rings (SSSR count). The molecule has 0 radical (unpaired) electrons. The van der Waals surface area contributed by atoms with E-state index < -0.39 is 0 Å². The average Bonchev–Trinajstić information content (AvgIpc) is 2.72. The van der Waals surface area contributed by atoms with E-state index in [0.717, 1.165) is 0 Å². The number of hydrogen-bond acceptors (Lipinski definition) is 3. The second-order valence-corrected chi connectivity index (χ2v) is 6.30. The second kappa shape index (κ2) is 9.40. The monoisotopic (exact) mass is 388 g/mol. The zero-order valence-corrected chi connectivity index (χ0v) is 15.7. The highest BCUT2D eigenvalue weighted by Crippen LogP contribution is 2.28. The van der Waals surface area contributed by atoms with Gasteiger partial charge in [0.25, 0.3) is 5.91 Å². The molecule has 1 N–H and O–H groups in total. The van der Waals surface area contributed by atoms with E-state index >= 15 is 0 Å². The maximum absolute atomic E-state index is 12.1. The third kappa shape index (κ3) is 5.00. The van der Waals surface area contributed by atoms with Gasteiger partial charge in [-0.05, 0) is 30.3 Å². The predicted molar refractivity (Wildman–Crippen MR) is 112 cm³/mol. The van der Waals surface area contributed by atoms with Gasteiger partial charge in [-0.2, -0.15) is 5.26 Å². The van der Waals surface area contributed by atoms with Gasteiger partial charge in [-0.25, -0.2) is 0 Å².